The Balaban J connectivity index is 1.62. The van der Waals surface area contributed by atoms with Crippen molar-refractivity contribution in [1.82, 2.24) is 14.8 Å². The number of hydrogen-bond donors (Lipinski definition) is 1. The van der Waals surface area contributed by atoms with Crippen LogP contribution in [0.5, 0.6) is 5.75 Å². The van der Waals surface area contributed by atoms with E-state index in [1.165, 1.54) is 17.3 Å². The largest absolute Gasteiger partial charge is 0.494 e. The number of esters is 1. The lowest BCUT2D eigenvalue weighted by Gasteiger charge is -2.11. The summed E-state index contributed by atoms with van der Waals surface area (Å²) < 4.78 is 11.9. The van der Waals surface area contributed by atoms with Crippen molar-refractivity contribution in [2.45, 2.75) is 6.92 Å². The SMILES string of the molecule is CCOc1ccc(C(=O)OCC(=O)Nc2cc(Cl)ccc2-n2cncn2)cc1. The number of hydrogen-bond acceptors (Lipinski definition) is 6. The summed E-state index contributed by atoms with van der Waals surface area (Å²) in [4.78, 5) is 28.2. The van der Waals surface area contributed by atoms with Gasteiger partial charge in [0.15, 0.2) is 6.61 Å². The van der Waals surface area contributed by atoms with Gasteiger partial charge in [-0.1, -0.05) is 11.6 Å². The van der Waals surface area contributed by atoms with E-state index in [9.17, 15) is 9.59 Å². The zero-order chi connectivity index (χ0) is 19.9. The van der Waals surface area contributed by atoms with Crippen LogP contribution in [0.15, 0.2) is 55.1 Å². The summed E-state index contributed by atoms with van der Waals surface area (Å²) in [5, 5.41) is 7.13. The first-order valence-electron chi connectivity index (χ1n) is 8.41. The number of carbonyl (C=O) groups is 2. The fraction of sp³-hybridized carbons (Fsp3) is 0.158. The number of amides is 1. The van der Waals surface area contributed by atoms with Crippen molar-refractivity contribution in [2.75, 3.05) is 18.5 Å². The van der Waals surface area contributed by atoms with Gasteiger partial charge in [0.05, 0.1) is 23.5 Å². The van der Waals surface area contributed by atoms with Crippen LogP contribution < -0.4 is 10.1 Å². The van der Waals surface area contributed by atoms with E-state index in [0.717, 1.165) is 0 Å². The number of ether oxygens (including phenoxy) is 2. The lowest BCUT2D eigenvalue weighted by molar-refractivity contribution is -0.119. The molecule has 0 fully saturated rings. The van der Waals surface area contributed by atoms with E-state index in [-0.39, 0.29) is 0 Å². The van der Waals surface area contributed by atoms with Gasteiger partial charge >= 0.3 is 5.97 Å². The van der Waals surface area contributed by atoms with Crippen molar-refractivity contribution >= 4 is 29.2 Å². The van der Waals surface area contributed by atoms with Crippen molar-refractivity contribution in [3.8, 4) is 11.4 Å². The second-order valence-electron chi connectivity index (χ2n) is 5.58. The fourth-order valence-electron chi connectivity index (χ4n) is 2.40. The van der Waals surface area contributed by atoms with Gasteiger partial charge in [0.1, 0.15) is 18.4 Å². The highest BCUT2D eigenvalue weighted by molar-refractivity contribution is 6.31. The van der Waals surface area contributed by atoms with E-state index in [1.807, 2.05) is 6.92 Å². The molecule has 2 aromatic carbocycles. The number of nitrogens with zero attached hydrogens (tertiary/aromatic N) is 3. The maximum Gasteiger partial charge on any atom is 0.338 e. The molecule has 144 valence electrons. The molecule has 0 radical (unpaired) electrons. The third-order valence-electron chi connectivity index (χ3n) is 3.63. The van der Waals surface area contributed by atoms with Crippen LogP contribution in [-0.2, 0) is 9.53 Å². The van der Waals surface area contributed by atoms with Gasteiger partial charge in [0.2, 0.25) is 0 Å². The topological polar surface area (TPSA) is 95.3 Å². The van der Waals surface area contributed by atoms with Crippen LogP contribution in [0.25, 0.3) is 5.69 Å². The highest BCUT2D eigenvalue weighted by Crippen LogP contribution is 2.24. The number of nitrogens with one attached hydrogen (secondary N) is 1. The third kappa shape index (κ3) is 4.86. The van der Waals surface area contributed by atoms with E-state index in [0.29, 0.717) is 34.3 Å². The summed E-state index contributed by atoms with van der Waals surface area (Å²) in [6.45, 7) is 1.95. The van der Waals surface area contributed by atoms with E-state index >= 15 is 0 Å². The minimum atomic E-state index is -0.610. The summed E-state index contributed by atoms with van der Waals surface area (Å²) in [6, 6.07) is 11.4. The molecule has 1 heterocycles. The van der Waals surface area contributed by atoms with Gasteiger partial charge in [0.25, 0.3) is 5.91 Å². The first-order chi connectivity index (χ1) is 13.6. The highest BCUT2D eigenvalue weighted by Gasteiger charge is 2.13. The third-order valence-corrected chi connectivity index (χ3v) is 3.87. The zero-order valence-electron chi connectivity index (χ0n) is 15.0. The second-order valence-corrected chi connectivity index (χ2v) is 6.02. The van der Waals surface area contributed by atoms with Crippen molar-refractivity contribution in [3.05, 3.63) is 65.7 Å². The number of rotatable bonds is 7. The molecule has 1 aromatic heterocycles. The van der Waals surface area contributed by atoms with E-state index in [4.69, 9.17) is 21.1 Å². The Morgan fingerprint density at radius 2 is 1.96 bits per heavy atom. The van der Waals surface area contributed by atoms with E-state index in [1.54, 1.807) is 42.5 Å². The normalized spacial score (nSPS) is 10.4. The second kappa shape index (κ2) is 9.01. The van der Waals surface area contributed by atoms with Gasteiger partial charge in [-0.05, 0) is 49.4 Å². The average molecular weight is 401 g/mol. The molecule has 8 nitrogen and oxygen atoms in total. The minimum Gasteiger partial charge on any atom is -0.494 e. The summed E-state index contributed by atoms with van der Waals surface area (Å²) in [5.41, 5.74) is 1.32. The Morgan fingerprint density at radius 1 is 1.18 bits per heavy atom. The first kappa shape index (κ1) is 19.4. The average Bonchev–Trinajstić information content (AvgIpc) is 3.21. The van der Waals surface area contributed by atoms with Gasteiger partial charge in [-0.3, -0.25) is 4.79 Å². The lowest BCUT2D eigenvalue weighted by atomic mass is 10.2. The van der Waals surface area contributed by atoms with E-state index in [2.05, 4.69) is 15.4 Å². The van der Waals surface area contributed by atoms with Gasteiger partial charge < -0.3 is 14.8 Å². The summed E-state index contributed by atoms with van der Waals surface area (Å²) in [7, 11) is 0. The molecule has 0 saturated carbocycles. The smallest absolute Gasteiger partial charge is 0.338 e. The van der Waals surface area contributed by atoms with Crippen LogP contribution in [0.3, 0.4) is 0 Å². The molecule has 3 aromatic rings. The summed E-state index contributed by atoms with van der Waals surface area (Å²) in [5.74, 6) is -0.470. The molecule has 28 heavy (non-hydrogen) atoms. The number of anilines is 1. The molecule has 0 aliphatic heterocycles. The molecule has 0 unspecified atom stereocenters. The predicted molar refractivity (Wildman–Crippen MR) is 103 cm³/mol. The number of carbonyl (C=O) groups excluding carboxylic acids is 2. The number of halogens is 1. The lowest BCUT2D eigenvalue weighted by Crippen LogP contribution is -2.21. The fourth-order valence-corrected chi connectivity index (χ4v) is 2.57. The molecule has 0 bridgehead atoms. The van der Waals surface area contributed by atoms with Crippen LogP contribution in [0, 0.1) is 0 Å². The Bertz CT molecular complexity index is 959. The molecule has 0 aliphatic carbocycles. The van der Waals surface area contributed by atoms with Crippen molar-refractivity contribution in [3.63, 3.8) is 0 Å². The highest BCUT2D eigenvalue weighted by atomic mass is 35.5. The standard InChI is InChI=1S/C19H17ClN4O4/c1-2-27-15-6-3-13(4-7-15)19(26)28-10-18(25)23-16-9-14(20)5-8-17(16)24-12-21-11-22-24/h3-9,11-12H,2,10H2,1H3,(H,23,25). The zero-order valence-corrected chi connectivity index (χ0v) is 15.7. The van der Waals surface area contributed by atoms with Gasteiger partial charge in [-0.25, -0.2) is 14.5 Å². The molecule has 1 N–H and O–H groups in total. The van der Waals surface area contributed by atoms with Gasteiger partial charge in [-0.15, -0.1) is 0 Å². The first-order valence-corrected chi connectivity index (χ1v) is 8.79. The molecule has 0 atom stereocenters. The Kier molecular flexibility index (Phi) is 6.23. The minimum absolute atomic E-state index is 0.322. The monoisotopic (exact) mass is 400 g/mol. The molecular weight excluding hydrogens is 384 g/mol. The van der Waals surface area contributed by atoms with Crippen molar-refractivity contribution in [1.29, 1.82) is 0 Å². The van der Waals surface area contributed by atoms with Crippen molar-refractivity contribution < 1.29 is 19.1 Å². The molecule has 0 spiro atoms. The van der Waals surface area contributed by atoms with Gasteiger partial charge in [-0.2, -0.15) is 5.10 Å². The van der Waals surface area contributed by atoms with Crippen LogP contribution in [0.2, 0.25) is 5.02 Å². The molecule has 9 heteroatoms. The quantitative estimate of drug-likeness (QED) is 0.612. The maximum absolute atomic E-state index is 12.2. The summed E-state index contributed by atoms with van der Waals surface area (Å²) in [6.07, 6.45) is 2.86. The van der Waals surface area contributed by atoms with Crippen LogP contribution in [-0.4, -0.2) is 39.9 Å². The Hall–Kier alpha value is -3.39. The summed E-state index contributed by atoms with van der Waals surface area (Å²) >= 11 is 6.01. The maximum atomic E-state index is 12.2. The van der Waals surface area contributed by atoms with Crippen molar-refractivity contribution in [2.24, 2.45) is 0 Å². The molecule has 0 saturated heterocycles. The molecular formula is C19H17ClN4O4. The van der Waals surface area contributed by atoms with Crippen LogP contribution >= 0.6 is 11.6 Å². The molecule has 3 rings (SSSR count). The number of benzene rings is 2. The predicted octanol–water partition coefficient (Wildman–Crippen LogP) is 3.11. The Labute approximate surface area is 166 Å². The van der Waals surface area contributed by atoms with Crippen LogP contribution in [0.4, 0.5) is 5.69 Å². The molecule has 1 amide bonds. The van der Waals surface area contributed by atoms with E-state index < -0.39 is 18.5 Å². The molecule has 0 aliphatic rings. The Morgan fingerprint density at radius 3 is 2.64 bits per heavy atom. The van der Waals surface area contributed by atoms with Crippen LogP contribution in [0.1, 0.15) is 17.3 Å². The number of aromatic nitrogens is 3. The van der Waals surface area contributed by atoms with Gasteiger partial charge in [0, 0.05) is 5.02 Å².